The number of sulfonamides is 1. The molecule has 0 aliphatic carbocycles. The Morgan fingerprint density at radius 1 is 0.970 bits per heavy atom. The molecule has 1 amide bonds. The fourth-order valence-corrected chi connectivity index (χ4v) is 5.81. The molecule has 1 fully saturated rings. The van der Waals surface area contributed by atoms with Crippen molar-refractivity contribution in [3.05, 3.63) is 81.5 Å². The van der Waals surface area contributed by atoms with Gasteiger partial charge in [0, 0.05) is 43.2 Å². The lowest BCUT2D eigenvalue weighted by molar-refractivity contribution is 0.0638. The zero-order valence-corrected chi connectivity index (χ0v) is 20.6. The van der Waals surface area contributed by atoms with Gasteiger partial charge in [-0.15, -0.1) is 11.3 Å². The fourth-order valence-electron chi connectivity index (χ4n) is 3.96. The number of carbonyl (C=O) groups is 1. The highest BCUT2D eigenvalue weighted by Crippen LogP contribution is 2.23. The molecule has 1 aliphatic rings. The van der Waals surface area contributed by atoms with E-state index in [9.17, 15) is 13.2 Å². The van der Waals surface area contributed by atoms with Gasteiger partial charge in [-0.25, -0.2) is 8.42 Å². The maximum atomic E-state index is 13.3. The minimum Gasteiger partial charge on any atom is -0.336 e. The first-order valence-corrected chi connectivity index (χ1v) is 13.4. The average molecular weight is 484 g/mol. The van der Waals surface area contributed by atoms with Crippen molar-refractivity contribution in [3.63, 3.8) is 0 Å². The Morgan fingerprint density at radius 2 is 1.73 bits per heavy atom. The van der Waals surface area contributed by atoms with Crippen molar-refractivity contribution >= 4 is 33.0 Å². The van der Waals surface area contributed by atoms with E-state index in [0.717, 1.165) is 37.2 Å². The third kappa shape index (κ3) is 5.63. The molecule has 1 N–H and O–H groups in total. The van der Waals surface area contributed by atoms with Crippen LogP contribution in [0.3, 0.4) is 0 Å². The Morgan fingerprint density at radius 3 is 2.42 bits per heavy atom. The van der Waals surface area contributed by atoms with Gasteiger partial charge in [-0.05, 0) is 61.0 Å². The highest BCUT2D eigenvalue weighted by molar-refractivity contribution is 7.92. The van der Waals surface area contributed by atoms with Gasteiger partial charge in [0.25, 0.3) is 15.9 Å². The molecule has 0 unspecified atom stereocenters. The number of para-hydroxylation sites is 1. The van der Waals surface area contributed by atoms with E-state index >= 15 is 0 Å². The molecule has 2 aromatic carbocycles. The number of anilines is 1. The second-order valence-electron chi connectivity index (χ2n) is 8.36. The van der Waals surface area contributed by atoms with Crippen LogP contribution in [0.4, 0.5) is 5.69 Å². The van der Waals surface area contributed by atoms with Crippen LogP contribution in [-0.4, -0.2) is 56.8 Å². The van der Waals surface area contributed by atoms with Crippen molar-refractivity contribution < 1.29 is 13.2 Å². The molecule has 1 aliphatic heterocycles. The van der Waals surface area contributed by atoms with Gasteiger partial charge in [-0.1, -0.05) is 30.3 Å². The van der Waals surface area contributed by atoms with Gasteiger partial charge in [0.05, 0.1) is 10.6 Å². The van der Waals surface area contributed by atoms with Crippen molar-refractivity contribution in [2.24, 2.45) is 0 Å². The summed E-state index contributed by atoms with van der Waals surface area (Å²) in [6, 6.07) is 16.2. The molecule has 8 heteroatoms. The van der Waals surface area contributed by atoms with Crippen LogP contribution < -0.4 is 4.72 Å². The van der Waals surface area contributed by atoms with Crippen molar-refractivity contribution in [1.29, 1.82) is 0 Å². The van der Waals surface area contributed by atoms with Crippen LogP contribution in [0.15, 0.2) is 64.9 Å². The summed E-state index contributed by atoms with van der Waals surface area (Å²) in [6.45, 7) is 7.60. The number of thiophene rings is 1. The number of benzene rings is 2. The molecular formula is C25H29N3O3S2. The van der Waals surface area contributed by atoms with E-state index in [1.165, 1.54) is 10.9 Å². The predicted molar refractivity (Wildman–Crippen MR) is 134 cm³/mol. The number of amides is 1. The van der Waals surface area contributed by atoms with E-state index in [-0.39, 0.29) is 10.8 Å². The lowest BCUT2D eigenvalue weighted by Crippen LogP contribution is -2.49. The number of nitrogens with one attached hydrogen (secondary N) is 1. The summed E-state index contributed by atoms with van der Waals surface area (Å²) in [5, 5.41) is 2.10. The monoisotopic (exact) mass is 483 g/mol. The molecule has 1 aromatic heterocycles. The second kappa shape index (κ2) is 10.1. The van der Waals surface area contributed by atoms with Crippen LogP contribution in [-0.2, 0) is 16.4 Å². The van der Waals surface area contributed by atoms with Gasteiger partial charge < -0.3 is 4.90 Å². The van der Waals surface area contributed by atoms with Crippen LogP contribution in [0, 0.1) is 13.8 Å². The summed E-state index contributed by atoms with van der Waals surface area (Å²) < 4.78 is 28.6. The Kier molecular flexibility index (Phi) is 7.17. The van der Waals surface area contributed by atoms with E-state index in [2.05, 4.69) is 27.1 Å². The molecule has 0 atom stereocenters. The SMILES string of the molecule is Cc1ccccc1NS(=O)(=O)c1ccc(C)c(C(=O)N2CCN(CCc3cccs3)CC2)c1. The highest BCUT2D eigenvalue weighted by atomic mass is 32.2. The predicted octanol–water partition coefficient (Wildman–Crippen LogP) is 4.17. The summed E-state index contributed by atoms with van der Waals surface area (Å²) in [7, 11) is -3.80. The van der Waals surface area contributed by atoms with Gasteiger partial charge in [0.1, 0.15) is 0 Å². The summed E-state index contributed by atoms with van der Waals surface area (Å²) in [5.74, 6) is -0.113. The first kappa shape index (κ1) is 23.5. The molecule has 2 heterocycles. The maximum Gasteiger partial charge on any atom is 0.261 e. The highest BCUT2D eigenvalue weighted by Gasteiger charge is 2.25. The van der Waals surface area contributed by atoms with Crippen LogP contribution in [0.1, 0.15) is 26.4 Å². The van der Waals surface area contributed by atoms with Gasteiger partial charge >= 0.3 is 0 Å². The van der Waals surface area contributed by atoms with Gasteiger partial charge in [-0.3, -0.25) is 14.4 Å². The average Bonchev–Trinajstić information content (AvgIpc) is 3.33. The smallest absolute Gasteiger partial charge is 0.261 e. The summed E-state index contributed by atoms with van der Waals surface area (Å²) in [6.07, 6.45) is 1.03. The van der Waals surface area contributed by atoms with Gasteiger partial charge in [0.15, 0.2) is 0 Å². The minimum absolute atomic E-state index is 0.0919. The van der Waals surface area contributed by atoms with Crippen molar-refractivity contribution in [1.82, 2.24) is 9.80 Å². The summed E-state index contributed by atoms with van der Waals surface area (Å²) >= 11 is 1.77. The van der Waals surface area contributed by atoms with E-state index in [0.29, 0.717) is 24.3 Å². The number of nitrogens with zero attached hydrogens (tertiary/aromatic N) is 2. The number of piperazine rings is 1. The maximum absolute atomic E-state index is 13.3. The molecule has 1 saturated heterocycles. The molecule has 0 bridgehead atoms. The van der Waals surface area contributed by atoms with Crippen LogP contribution in [0.25, 0.3) is 0 Å². The van der Waals surface area contributed by atoms with Gasteiger partial charge in [-0.2, -0.15) is 0 Å². The van der Waals surface area contributed by atoms with Crippen molar-refractivity contribution in [3.8, 4) is 0 Å². The Bertz CT molecular complexity index is 1220. The van der Waals surface area contributed by atoms with Crippen molar-refractivity contribution in [2.75, 3.05) is 37.4 Å². The molecule has 6 nitrogen and oxygen atoms in total. The standard InChI is InChI=1S/C25H29N3O3S2/c1-19-9-10-22(33(30,31)26-24-8-4-3-6-20(24)2)18-23(19)25(29)28-15-13-27(14-16-28)12-11-21-7-5-17-32-21/h3-10,17-18,26H,11-16H2,1-2H3. The number of carbonyl (C=O) groups excluding carboxylic acids is 1. The fraction of sp³-hybridized carbons (Fsp3) is 0.320. The largest absolute Gasteiger partial charge is 0.336 e. The molecule has 4 rings (SSSR count). The third-order valence-corrected chi connectivity index (χ3v) is 8.35. The number of rotatable bonds is 7. The third-order valence-electron chi connectivity index (χ3n) is 6.05. The van der Waals surface area contributed by atoms with Crippen molar-refractivity contribution in [2.45, 2.75) is 25.2 Å². The van der Waals surface area contributed by atoms with Crippen LogP contribution in [0.2, 0.25) is 0 Å². The van der Waals surface area contributed by atoms with E-state index < -0.39 is 10.0 Å². The molecule has 3 aromatic rings. The molecule has 174 valence electrons. The van der Waals surface area contributed by atoms with E-state index in [1.54, 1.807) is 35.6 Å². The molecule has 0 radical (unpaired) electrons. The first-order chi connectivity index (χ1) is 15.8. The Labute approximate surface area is 199 Å². The molecule has 0 spiro atoms. The Hall–Kier alpha value is -2.68. The second-order valence-corrected chi connectivity index (χ2v) is 11.1. The molecular weight excluding hydrogens is 454 g/mol. The zero-order valence-electron chi connectivity index (χ0n) is 19.0. The van der Waals surface area contributed by atoms with Gasteiger partial charge in [0.2, 0.25) is 0 Å². The topological polar surface area (TPSA) is 69.7 Å². The molecule has 0 saturated carbocycles. The normalized spacial score (nSPS) is 14.9. The minimum atomic E-state index is -3.80. The summed E-state index contributed by atoms with van der Waals surface area (Å²) in [5.41, 5.74) is 2.58. The summed E-state index contributed by atoms with van der Waals surface area (Å²) in [4.78, 5) is 18.9. The first-order valence-electron chi connectivity index (χ1n) is 11.1. The zero-order chi connectivity index (χ0) is 23.4. The molecule has 33 heavy (non-hydrogen) atoms. The van der Waals surface area contributed by atoms with Crippen LogP contribution >= 0.6 is 11.3 Å². The Balaban J connectivity index is 1.43. The number of hydrogen-bond acceptors (Lipinski definition) is 5. The van der Waals surface area contributed by atoms with Crippen LogP contribution in [0.5, 0.6) is 0 Å². The number of hydrogen-bond donors (Lipinski definition) is 1. The number of aryl methyl sites for hydroxylation is 2. The van der Waals surface area contributed by atoms with E-state index in [1.807, 2.05) is 30.9 Å². The lowest BCUT2D eigenvalue weighted by Gasteiger charge is -2.35. The quantitative estimate of drug-likeness (QED) is 0.548. The lowest BCUT2D eigenvalue weighted by atomic mass is 10.1. The van der Waals surface area contributed by atoms with E-state index in [4.69, 9.17) is 0 Å².